The molecule has 1 atom stereocenters. The van der Waals surface area contributed by atoms with Crippen molar-refractivity contribution in [3.63, 3.8) is 0 Å². The maximum Gasteiger partial charge on any atom is 0.0178 e. The van der Waals surface area contributed by atoms with Crippen molar-refractivity contribution in [1.82, 2.24) is 4.90 Å². The molecule has 1 aromatic carbocycles. The SMILES string of the molecule is CCCN(CCC)C1CCc2ccc(CN)cc2C1. The highest BCUT2D eigenvalue weighted by Gasteiger charge is 2.23. The summed E-state index contributed by atoms with van der Waals surface area (Å²) >= 11 is 0. The van der Waals surface area contributed by atoms with Crippen LogP contribution in [0.4, 0.5) is 0 Å². The highest BCUT2D eigenvalue weighted by atomic mass is 15.1. The molecule has 2 rings (SSSR count). The Labute approximate surface area is 118 Å². The molecule has 2 nitrogen and oxygen atoms in total. The average molecular weight is 260 g/mol. The lowest BCUT2D eigenvalue weighted by Crippen LogP contribution is -2.40. The molecule has 0 amide bonds. The summed E-state index contributed by atoms with van der Waals surface area (Å²) in [5.74, 6) is 0. The Hall–Kier alpha value is -0.860. The molecule has 1 aliphatic rings. The number of rotatable bonds is 6. The fourth-order valence-electron chi connectivity index (χ4n) is 3.28. The number of benzene rings is 1. The van der Waals surface area contributed by atoms with Crippen LogP contribution in [0.3, 0.4) is 0 Å². The van der Waals surface area contributed by atoms with Crippen LogP contribution in [-0.2, 0) is 19.4 Å². The number of nitrogens with zero attached hydrogens (tertiary/aromatic N) is 1. The summed E-state index contributed by atoms with van der Waals surface area (Å²) in [6.07, 6.45) is 6.27. The molecule has 0 spiro atoms. The van der Waals surface area contributed by atoms with E-state index in [0.717, 1.165) is 6.04 Å². The van der Waals surface area contributed by atoms with Crippen molar-refractivity contribution in [2.75, 3.05) is 13.1 Å². The fraction of sp³-hybridized carbons (Fsp3) is 0.647. The fourth-order valence-corrected chi connectivity index (χ4v) is 3.28. The maximum absolute atomic E-state index is 5.76. The van der Waals surface area contributed by atoms with Crippen molar-refractivity contribution in [3.05, 3.63) is 34.9 Å². The van der Waals surface area contributed by atoms with Crippen LogP contribution < -0.4 is 5.73 Å². The van der Waals surface area contributed by atoms with Crippen LogP contribution >= 0.6 is 0 Å². The van der Waals surface area contributed by atoms with E-state index in [-0.39, 0.29) is 0 Å². The minimum atomic E-state index is 0.658. The third kappa shape index (κ3) is 3.58. The predicted molar refractivity (Wildman–Crippen MR) is 82.3 cm³/mol. The Morgan fingerprint density at radius 2 is 1.89 bits per heavy atom. The minimum Gasteiger partial charge on any atom is -0.326 e. The third-order valence-electron chi connectivity index (χ3n) is 4.25. The number of hydrogen-bond donors (Lipinski definition) is 1. The molecule has 1 unspecified atom stereocenters. The van der Waals surface area contributed by atoms with Gasteiger partial charge in [0, 0.05) is 12.6 Å². The lowest BCUT2D eigenvalue weighted by atomic mass is 9.86. The highest BCUT2D eigenvalue weighted by molar-refractivity contribution is 5.34. The van der Waals surface area contributed by atoms with Crippen LogP contribution in [0.1, 0.15) is 49.8 Å². The number of nitrogens with two attached hydrogens (primary N) is 1. The first-order chi connectivity index (χ1) is 9.28. The first kappa shape index (κ1) is 14.5. The molecule has 0 bridgehead atoms. The van der Waals surface area contributed by atoms with E-state index in [0.29, 0.717) is 6.54 Å². The molecule has 1 aromatic rings. The summed E-state index contributed by atoms with van der Waals surface area (Å²) in [4.78, 5) is 2.69. The molecule has 2 N–H and O–H groups in total. The summed E-state index contributed by atoms with van der Waals surface area (Å²) in [6, 6.07) is 7.55. The van der Waals surface area contributed by atoms with Crippen LogP contribution in [-0.4, -0.2) is 24.0 Å². The van der Waals surface area contributed by atoms with Gasteiger partial charge in [-0.2, -0.15) is 0 Å². The van der Waals surface area contributed by atoms with E-state index < -0.39 is 0 Å². The summed E-state index contributed by atoms with van der Waals surface area (Å²) in [5, 5.41) is 0. The van der Waals surface area contributed by atoms with Crippen molar-refractivity contribution < 1.29 is 0 Å². The smallest absolute Gasteiger partial charge is 0.0178 e. The highest BCUT2D eigenvalue weighted by Crippen LogP contribution is 2.26. The van der Waals surface area contributed by atoms with E-state index in [1.807, 2.05) is 0 Å². The van der Waals surface area contributed by atoms with E-state index in [1.54, 1.807) is 5.56 Å². The molecule has 106 valence electrons. The number of aryl methyl sites for hydroxylation is 1. The Morgan fingerprint density at radius 1 is 1.16 bits per heavy atom. The van der Waals surface area contributed by atoms with Gasteiger partial charge < -0.3 is 10.6 Å². The van der Waals surface area contributed by atoms with Gasteiger partial charge in [0.25, 0.3) is 0 Å². The molecule has 0 radical (unpaired) electrons. The summed E-state index contributed by atoms with van der Waals surface area (Å²) < 4.78 is 0. The molecule has 0 fully saturated rings. The Kier molecular flexibility index (Phi) is 5.41. The molecule has 0 aromatic heterocycles. The Morgan fingerprint density at radius 3 is 2.53 bits per heavy atom. The lowest BCUT2D eigenvalue weighted by molar-refractivity contribution is 0.180. The molecule has 0 aliphatic heterocycles. The second kappa shape index (κ2) is 7.06. The van der Waals surface area contributed by atoms with Crippen LogP contribution in [0, 0.1) is 0 Å². The van der Waals surface area contributed by atoms with Gasteiger partial charge in [0.1, 0.15) is 0 Å². The molecule has 2 heteroatoms. The second-order valence-corrected chi connectivity index (χ2v) is 5.74. The predicted octanol–water partition coefficient (Wildman–Crippen LogP) is 3.12. The topological polar surface area (TPSA) is 29.3 Å². The van der Waals surface area contributed by atoms with Gasteiger partial charge in [-0.25, -0.2) is 0 Å². The third-order valence-corrected chi connectivity index (χ3v) is 4.25. The van der Waals surface area contributed by atoms with Crippen molar-refractivity contribution in [2.45, 2.75) is 58.5 Å². The van der Waals surface area contributed by atoms with Gasteiger partial charge in [0.2, 0.25) is 0 Å². The van der Waals surface area contributed by atoms with Gasteiger partial charge >= 0.3 is 0 Å². The minimum absolute atomic E-state index is 0.658. The van der Waals surface area contributed by atoms with Crippen molar-refractivity contribution in [2.24, 2.45) is 5.73 Å². The number of fused-ring (bicyclic) bond motifs is 1. The van der Waals surface area contributed by atoms with Gasteiger partial charge in [-0.3, -0.25) is 0 Å². The van der Waals surface area contributed by atoms with Crippen molar-refractivity contribution in [3.8, 4) is 0 Å². The standard InChI is InChI=1S/C17H28N2/c1-3-9-19(10-4-2)17-8-7-15-6-5-14(13-18)11-16(15)12-17/h5-6,11,17H,3-4,7-10,12-13,18H2,1-2H3. The van der Waals surface area contributed by atoms with Crippen LogP contribution in [0.5, 0.6) is 0 Å². The summed E-state index contributed by atoms with van der Waals surface area (Å²) in [6.45, 7) is 7.71. The molecule has 19 heavy (non-hydrogen) atoms. The largest absolute Gasteiger partial charge is 0.326 e. The van der Waals surface area contributed by atoms with Gasteiger partial charge in [-0.05, 0) is 61.9 Å². The van der Waals surface area contributed by atoms with E-state index in [1.165, 1.54) is 56.3 Å². The zero-order valence-corrected chi connectivity index (χ0v) is 12.5. The lowest BCUT2D eigenvalue weighted by Gasteiger charge is -2.35. The van der Waals surface area contributed by atoms with Gasteiger partial charge in [-0.15, -0.1) is 0 Å². The van der Waals surface area contributed by atoms with Crippen molar-refractivity contribution >= 4 is 0 Å². The first-order valence-corrected chi connectivity index (χ1v) is 7.83. The average Bonchev–Trinajstić information content (AvgIpc) is 2.46. The zero-order chi connectivity index (χ0) is 13.7. The van der Waals surface area contributed by atoms with Crippen molar-refractivity contribution in [1.29, 1.82) is 0 Å². The molecule has 0 heterocycles. The molecular formula is C17H28N2. The molecule has 0 saturated carbocycles. The van der Waals surface area contributed by atoms with Crippen LogP contribution in [0.25, 0.3) is 0 Å². The molecule has 0 saturated heterocycles. The Balaban J connectivity index is 2.10. The summed E-state index contributed by atoms with van der Waals surface area (Å²) in [5.41, 5.74) is 10.1. The quantitative estimate of drug-likeness (QED) is 0.851. The van der Waals surface area contributed by atoms with Crippen LogP contribution in [0.15, 0.2) is 18.2 Å². The van der Waals surface area contributed by atoms with E-state index in [4.69, 9.17) is 5.73 Å². The first-order valence-electron chi connectivity index (χ1n) is 7.83. The molecular weight excluding hydrogens is 232 g/mol. The normalized spacial score (nSPS) is 18.6. The van der Waals surface area contributed by atoms with Gasteiger partial charge in [0.15, 0.2) is 0 Å². The van der Waals surface area contributed by atoms with E-state index in [9.17, 15) is 0 Å². The van der Waals surface area contributed by atoms with E-state index in [2.05, 4.69) is 36.9 Å². The maximum atomic E-state index is 5.76. The van der Waals surface area contributed by atoms with Gasteiger partial charge in [-0.1, -0.05) is 32.0 Å². The monoisotopic (exact) mass is 260 g/mol. The summed E-state index contributed by atoms with van der Waals surface area (Å²) in [7, 11) is 0. The molecule has 1 aliphatic carbocycles. The second-order valence-electron chi connectivity index (χ2n) is 5.74. The van der Waals surface area contributed by atoms with Crippen LogP contribution in [0.2, 0.25) is 0 Å². The van der Waals surface area contributed by atoms with E-state index >= 15 is 0 Å². The van der Waals surface area contributed by atoms with Gasteiger partial charge in [0.05, 0.1) is 0 Å². The number of hydrogen-bond acceptors (Lipinski definition) is 2. The zero-order valence-electron chi connectivity index (χ0n) is 12.5. The Bertz CT molecular complexity index is 394.